The molecule has 0 radical (unpaired) electrons. The van der Waals surface area contributed by atoms with Crippen molar-refractivity contribution in [2.45, 2.75) is 50.2 Å². The van der Waals surface area contributed by atoms with Crippen molar-refractivity contribution in [1.82, 2.24) is 24.7 Å². The molecule has 12 heteroatoms. The molecule has 0 bridgehead atoms. The van der Waals surface area contributed by atoms with Crippen LogP contribution in [0.3, 0.4) is 0 Å². The molecule has 1 fully saturated rings. The highest BCUT2D eigenvalue weighted by atomic mass is 35.5. The van der Waals surface area contributed by atoms with Gasteiger partial charge in [-0.1, -0.05) is 30.2 Å². The number of pyridine rings is 1. The van der Waals surface area contributed by atoms with Crippen LogP contribution < -0.4 is 5.32 Å². The fourth-order valence-corrected chi connectivity index (χ4v) is 4.45. The van der Waals surface area contributed by atoms with Gasteiger partial charge in [-0.05, 0) is 43.5 Å². The number of alkyl halides is 3. The topological polar surface area (TPSA) is 112 Å². The summed E-state index contributed by atoms with van der Waals surface area (Å²) in [5, 5.41) is 11.0. The van der Waals surface area contributed by atoms with Crippen LogP contribution >= 0.6 is 11.6 Å². The van der Waals surface area contributed by atoms with Gasteiger partial charge in [0.2, 0.25) is 5.91 Å². The van der Waals surface area contributed by atoms with Gasteiger partial charge in [-0.25, -0.2) is 14.8 Å². The number of para-hydroxylation sites is 2. The van der Waals surface area contributed by atoms with E-state index in [1.54, 1.807) is 12.3 Å². The van der Waals surface area contributed by atoms with E-state index in [0.29, 0.717) is 10.9 Å². The minimum Gasteiger partial charge on any atom is -0.475 e. The number of carboxylic acids is 1. The van der Waals surface area contributed by atoms with Gasteiger partial charge in [-0.15, -0.1) is 0 Å². The predicted molar refractivity (Wildman–Crippen MR) is 127 cm³/mol. The summed E-state index contributed by atoms with van der Waals surface area (Å²) in [5.74, 6) is -1.37. The Morgan fingerprint density at radius 1 is 1.14 bits per heavy atom. The average Bonchev–Trinajstić information content (AvgIpc) is 3.42. The minimum absolute atomic E-state index is 0.00904. The second kappa shape index (κ2) is 10.6. The smallest absolute Gasteiger partial charge is 0.475 e. The normalized spacial score (nSPS) is 18.0. The number of fused-ring (bicyclic) bond motifs is 2. The highest BCUT2D eigenvalue weighted by molar-refractivity contribution is 6.30. The Labute approximate surface area is 208 Å². The lowest BCUT2D eigenvalue weighted by molar-refractivity contribution is -0.192. The number of halogens is 4. The van der Waals surface area contributed by atoms with Crippen LogP contribution in [0.5, 0.6) is 0 Å². The minimum atomic E-state index is -5.08. The van der Waals surface area contributed by atoms with Crippen LogP contribution in [0.4, 0.5) is 13.2 Å². The Balaban J connectivity index is 0.000000384. The zero-order valence-corrected chi connectivity index (χ0v) is 19.7. The third-order valence-electron chi connectivity index (χ3n) is 5.88. The average molecular weight is 522 g/mol. The number of carboxylic acid groups (broad SMARTS) is 1. The van der Waals surface area contributed by atoms with Gasteiger partial charge in [0.15, 0.2) is 0 Å². The van der Waals surface area contributed by atoms with Crippen LogP contribution in [0.2, 0.25) is 5.02 Å². The number of carbonyl (C=O) groups excluding carboxylic acids is 1. The Kier molecular flexibility index (Phi) is 7.48. The van der Waals surface area contributed by atoms with Gasteiger partial charge < -0.3 is 19.8 Å². The summed E-state index contributed by atoms with van der Waals surface area (Å²) >= 11 is 6.02. The van der Waals surface area contributed by atoms with Gasteiger partial charge in [0.25, 0.3) is 0 Å². The number of aliphatic carboxylic acids is 1. The maximum atomic E-state index is 12.6. The van der Waals surface area contributed by atoms with Crippen molar-refractivity contribution >= 4 is 40.2 Å². The molecule has 0 spiro atoms. The predicted octanol–water partition coefficient (Wildman–Crippen LogP) is 4.88. The van der Waals surface area contributed by atoms with E-state index < -0.39 is 12.1 Å². The number of aromatic nitrogens is 4. The number of imidazole rings is 2. The first-order valence-electron chi connectivity index (χ1n) is 11.3. The second-order valence-electron chi connectivity index (χ2n) is 8.59. The second-order valence-corrected chi connectivity index (χ2v) is 9.03. The quantitative estimate of drug-likeness (QED) is 0.354. The maximum absolute atomic E-state index is 12.6. The van der Waals surface area contributed by atoms with Gasteiger partial charge in [0, 0.05) is 24.4 Å². The number of benzene rings is 1. The summed E-state index contributed by atoms with van der Waals surface area (Å²) in [5.41, 5.74) is 3.61. The number of carbonyl (C=O) groups is 2. The van der Waals surface area contributed by atoms with E-state index in [4.69, 9.17) is 26.5 Å². The first-order valence-corrected chi connectivity index (χ1v) is 11.6. The van der Waals surface area contributed by atoms with Crippen molar-refractivity contribution < 1.29 is 27.9 Å². The first kappa shape index (κ1) is 25.5. The molecule has 8 nitrogen and oxygen atoms in total. The van der Waals surface area contributed by atoms with Crippen molar-refractivity contribution in [3.63, 3.8) is 0 Å². The molecule has 2 atom stereocenters. The number of hydrogen-bond acceptors (Lipinski definition) is 4. The molecule has 2 unspecified atom stereocenters. The van der Waals surface area contributed by atoms with E-state index in [-0.39, 0.29) is 18.4 Å². The lowest BCUT2D eigenvalue weighted by Gasteiger charge is -2.28. The Hall–Kier alpha value is -3.60. The van der Waals surface area contributed by atoms with Crippen LogP contribution in [-0.2, 0) is 16.0 Å². The number of amides is 1. The molecule has 3 N–H and O–H groups in total. The summed E-state index contributed by atoms with van der Waals surface area (Å²) in [6.07, 6.45) is 2.93. The summed E-state index contributed by atoms with van der Waals surface area (Å²) in [7, 11) is 0. The number of nitrogens with zero attached hydrogens (tertiary/aromatic N) is 3. The number of H-pyrrole nitrogens is 1. The van der Waals surface area contributed by atoms with Crippen molar-refractivity contribution in [1.29, 1.82) is 0 Å². The Morgan fingerprint density at radius 3 is 2.61 bits per heavy atom. The van der Waals surface area contributed by atoms with Crippen molar-refractivity contribution in [2.75, 3.05) is 0 Å². The molecule has 0 saturated heterocycles. The molecule has 1 saturated carbocycles. The van der Waals surface area contributed by atoms with Crippen molar-refractivity contribution in [3.05, 3.63) is 65.3 Å². The molecule has 4 aromatic rings. The number of hydrogen-bond donors (Lipinski definition) is 3. The highest BCUT2D eigenvalue weighted by Crippen LogP contribution is 2.32. The molecular formula is C24H23ClF3N5O3. The van der Waals surface area contributed by atoms with Crippen molar-refractivity contribution in [2.24, 2.45) is 0 Å². The van der Waals surface area contributed by atoms with Gasteiger partial charge in [-0.2, -0.15) is 13.2 Å². The number of nitrogens with one attached hydrogen (secondary N) is 2. The highest BCUT2D eigenvalue weighted by Gasteiger charge is 2.38. The molecule has 190 valence electrons. The van der Waals surface area contributed by atoms with Gasteiger partial charge >= 0.3 is 12.1 Å². The van der Waals surface area contributed by atoms with Crippen LogP contribution in [0.15, 0.2) is 48.8 Å². The summed E-state index contributed by atoms with van der Waals surface area (Å²) < 4.78 is 33.6. The third-order valence-corrected chi connectivity index (χ3v) is 6.11. The molecular weight excluding hydrogens is 499 g/mol. The summed E-state index contributed by atoms with van der Waals surface area (Å²) in [6, 6.07) is 11.9. The number of aromatic amines is 1. The molecule has 36 heavy (non-hydrogen) atoms. The molecule has 5 rings (SSSR count). The van der Waals surface area contributed by atoms with E-state index in [1.165, 1.54) is 0 Å². The van der Waals surface area contributed by atoms with Crippen molar-refractivity contribution in [3.8, 4) is 0 Å². The van der Waals surface area contributed by atoms with E-state index in [9.17, 15) is 18.0 Å². The SMILES string of the molecule is O=C(Cc1cn2cc(Cl)ccc2n1)NC1CCCC(c2nc3ccccc3[nH]2)C1.O=C(O)C(F)(F)F. The van der Waals surface area contributed by atoms with E-state index in [1.807, 2.05) is 34.9 Å². The van der Waals surface area contributed by atoms with E-state index in [0.717, 1.165) is 53.9 Å². The molecule has 1 aliphatic carbocycles. The Morgan fingerprint density at radius 2 is 1.89 bits per heavy atom. The van der Waals surface area contributed by atoms with Gasteiger partial charge in [0.1, 0.15) is 11.5 Å². The Bertz CT molecular complexity index is 1350. The zero-order chi connectivity index (χ0) is 25.9. The van der Waals surface area contributed by atoms with Crippen LogP contribution in [0.1, 0.15) is 43.1 Å². The fourth-order valence-electron chi connectivity index (χ4n) is 4.28. The summed E-state index contributed by atoms with van der Waals surface area (Å²) in [6.45, 7) is 0. The van der Waals surface area contributed by atoms with Gasteiger partial charge in [-0.3, -0.25) is 4.79 Å². The molecule has 3 heterocycles. The molecule has 3 aromatic heterocycles. The lowest BCUT2D eigenvalue weighted by Crippen LogP contribution is -2.39. The third kappa shape index (κ3) is 6.34. The first-order chi connectivity index (χ1) is 17.1. The maximum Gasteiger partial charge on any atom is 0.490 e. The largest absolute Gasteiger partial charge is 0.490 e. The van der Waals surface area contributed by atoms with Crippen LogP contribution in [-0.4, -0.2) is 48.6 Å². The molecule has 1 aromatic carbocycles. The molecule has 1 amide bonds. The molecule has 0 aliphatic heterocycles. The zero-order valence-electron chi connectivity index (χ0n) is 18.9. The van der Waals surface area contributed by atoms with E-state index >= 15 is 0 Å². The lowest BCUT2D eigenvalue weighted by atomic mass is 9.85. The van der Waals surface area contributed by atoms with Crippen LogP contribution in [0.25, 0.3) is 16.7 Å². The van der Waals surface area contributed by atoms with Crippen LogP contribution in [0, 0.1) is 0 Å². The molecule has 1 aliphatic rings. The standard InChI is InChI=1S/C22H22ClN5O.C2HF3O2/c23-15-8-9-20-24-17(13-28(20)12-15)11-21(29)25-16-5-3-4-14(10-16)22-26-18-6-1-2-7-19(18)27-22;3-2(4,5)1(6)7/h1-2,6-9,12-14,16H,3-5,10-11H2,(H,25,29)(H,26,27);(H,6,7). The summed E-state index contributed by atoms with van der Waals surface area (Å²) in [4.78, 5) is 34.2. The van der Waals surface area contributed by atoms with Gasteiger partial charge in [0.05, 0.1) is 28.2 Å². The monoisotopic (exact) mass is 521 g/mol. The fraction of sp³-hybridized carbons (Fsp3) is 0.333. The van der Waals surface area contributed by atoms with E-state index in [2.05, 4.69) is 21.4 Å². The number of rotatable bonds is 4.